The van der Waals surface area contributed by atoms with E-state index in [9.17, 15) is 4.79 Å². The largest absolute Gasteiger partial charge is 0.489 e. The number of fused-ring (bicyclic) bond motifs is 1. The van der Waals surface area contributed by atoms with Crippen LogP contribution < -0.4 is 9.47 Å². The minimum atomic E-state index is -0.219. The fraction of sp³-hybridized carbons (Fsp3) is 0.0455. The lowest BCUT2D eigenvalue weighted by Gasteiger charge is -2.08. The Balaban J connectivity index is 1.55. The highest BCUT2D eigenvalue weighted by atomic mass is 35.5. The highest BCUT2D eigenvalue weighted by molar-refractivity contribution is 6.43. The van der Waals surface area contributed by atoms with Crippen LogP contribution in [0.4, 0.5) is 0 Å². The number of carbonyl (C=O) groups excluding carboxylic acids is 1. The molecule has 0 amide bonds. The molecule has 3 aromatic carbocycles. The third-order valence-electron chi connectivity index (χ3n) is 4.26. The first kappa shape index (κ1) is 18.9. The van der Waals surface area contributed by atoms with Crippen molar-refractivity contribution >= 4 is 46.7 Å². The first-order valence-electron chi connectivity index (χ1n) is 8.41. The zero-order valence-electron chi connectivity index (χ0n) is 14.4. The molecular formula is C22H13Cl3O3. The van der Waals surface area contributed by atoms with Gasteiger partial charge in [0, 0.05) is 16.7 Å². The SMILES string of the molecule is O=C1C(=Cc2cccc(Cl)c2Cl)Oc2cc(OCc3ccccc3Cl)ccc21. The van der Waals surface area contributed by atoms with Crippen molar-refractivity contribution in [2.24, 2.45) is 0 Å². The number of carbonyl (C=O) groups is 1. The van der Waals surface area contributed by atoms with E-state index in [1.807, 2.05) is 24.3 Å². The highest BCUT2D eigenvalue weighted by Gasteiger charge is 2.28. The van der Waals surface area contributed by atoms with Gasteiger partial charge in [0.25, 0.3) is 0 Å². The van der Waals surface area contributed by atoms with E-state index >= 15 is 0 Å². The van der Waals surface area contributed by atoms with Crippen LogP contribution in [-0.2, 0) is 6.61 Å². The Labute approximate surface area is 177 Å². The van der Waals surface area contributed by atoms with Crippen LogP contribution in [0.5, 0.6) is 11.5 Å². The topological polar surface area (TPSA) is 35.5 Å². The predicted molar refractivity (Wildman–Crippen MR) is 112 cm³/mol. The summed E-state index contributed by atoms with van der Waals surface area (Å²) in [5.41, 5.74) is 1.95. The number of ketones is 1. The smallest absolute Gasteiger partial charge is 0.231 e. The Morgan fingerprint density at radius 2 is 1.71 bits per heavy atom. The van der Waals surface area contributed by atoms with Gasteiger partial charge in [-0.1, -0.05) is 65.1 Å². The van der Waals surface area contributed by atoms with Crippen molar-refractivity contribution in [1.29, 1.82) is 0 Å². The van der Waals surface area contributed by atoms with Crippen molar-refractivity contribution in [2.45, 2.75) is 6.61 Å². The Morgan fingerprint density at radius 3 is 2.54 bits per heavy atom. The van der Waals surface area contributed by atoms with Crippen molar-refractivity contribution in [2.75, 3.05) is 0 Å². The molecule has 0 saturated carbocycles. The molecule has 0 saturated heterocycles. The van der Waals surface area contributed by atoms with E-state index in [1.165, 1.54) is 0 Å². The molecule has 3 aromatic rings. The molecule has 0 spiro atoms. The summed E-state index contributed by atoms with van der Waals surface area (Å²) in [5.74, 6) is 0.977. The summed E-state index contributed by atoms with van der Waals surface area (Å²) >= 11 is 18.4. The molecule has 4 rings (SSSR count). The summed E-state index contributed by atoms with van der Waals surface area (Å²) in [6, 6.07) is 17.8. The van der Waals surface area contributed by atoms with E-state index in [0.717, 1.165) is 5.56 Å². The molecule has 28 heavy (non-hydrogen) atoms. The van der Waals surface area contributed by atoms with E-state index < -0.39 is 0 Å². The molecule has 3 nitrogen and oxygen atoms in total. The maximum absolute atomic E-state index is 12.6. The normalized spacial score (nSPS) is 14.1. The second-order valence-electron chi connectivity index (χ2n) is 6.12. The number of hydrogen-bond acceptors (Lipinski definition) is 3. The summed E-state index contributed by atoms with van der Waals surface area (Å²) in [4.78, 5) is 12.6. The van der Waals surface area contributed by atoms with Crippen molar-refractivity contribution in [3.8, 4) is 11.5 Å². The summed E-state index contributed by atoms with van der Waals surface area (Å²) in [6.07, 6.45) is 1.58. The van der Waals surface area contributed by atoms with Crippen LogP contribution in [0, 0.1) is 0 Å². The number of halogens is 3. The van der Waals surface area contributed by atoms with Gasteiger partial charge in [0.1, 0.15) is 18.1 Å². The summed E-state index contributed by atoms with van der Waals surface area (Å²) in [6.45, 7) is 0.313. The van der Waals surface area contributed by atoms with Crippen LogP contribution in [0.25, 0.3) is 6.08 Å². The lowest BCUT2D eigenvalue weighted by Crippen LogP contribution is -1.98. The zero-order chi connectivity index (χ0) is 19.7. The molecule has 0 unspecified atom stereocenters. The maximum Gasteiger partial charge on any atom is 0.231 e. The number of benzene rings is 3. The molecule has 1 aliphatic heterocycles. The van der Waals surface area contributed by atoms with Gasteiger partial charge in [-0.2, -0.15) is 0 Å². The molecule has 6 heteroatoms. The van der Waals surface area contributed by atoms with E-state index in [0.29, 0.717) is 44.3 Å². The van der Waals surface area contributed by atoms with E-state index in [2.05, 4.69) is 0 Å². The molecule has 0 atom stereocenters. The van der Waals surface area contributed by atoms with Crippen LogP contribution in [0.3, 0.4) is 0 Å². The lowest BCUT2D eigenvalue weighted by atomic mass is 10.1. The number of ether oxygens (including phenoxy) is 2. The molecular weight excluding hydrogens is 419 g/mol. The molecule has 0 fully saturated rings. The molecule has 0 N–H and O–H groups in total. The van der Waals surface area contributed by atoms with Gasteiger partial charge in [0.05, 0.1) is 15.6 Å². The van der Waals surface area contributed by atoms with Gasteiger partial charge >= 0.3 is 0 Å². The van der Waals surface area contributed by atoms with E-state index in [4.69, 9.17) is 44.3 Å². The Kier molecular flexibility index (Phi) is 5.31. The van der Waals surface area contributed by atoms with Crippen LogP contribution in [-0.4, -0.2) is 5.78 Å². The van der Waals surface area contributed by atoms with Crippen LogP contribution in [0.15, 0.2) is 66.4 Å². The molecule has 0 radical (unpaired) electrons. The van der Waals surface area contributed by atoms with Gasteiger partial charge in [0.2, 0.25) is 5.78 Å². The van der Waals surface area contributed by atoms with Gasteiger partial charge in [-0.25, -0.2) is 0 Å². The summed E-state index contributed by atoms with van der Waals surface area (Å²) < 4.78 is 11.5. The minimum absolute atomic E-state index is 0.183. The maximum atomic E-state index is 12.6. The fourth-order valence-corrected chi connectivity index (χ4v) is 3.36. The average molecular weight is 432 g/mol. The molecule has 0 aromatic heterocycles. The fourth-order valence-electron chi connectivity index (χ4n) is 2.81. The number of Topliss-reactive ketones (excluding diaryl/α,β-unsaturated/α-hetero) is 1. The standard InChI is InChI=1S/C22H13Cl3O3/c23-17-6-2-1-4-14(17)12-27-15-8-9-16-19(11-15)28-20(22(16)26)10-13-5-3-7-18(24)21(13)25/h1-11H,12H2. The van der Waals surface area contributed by atoms with Gasteiger partial charge in [0.15, 0.2) is 5.76 Å². The van der Waals surface area contributed by atoms with E-state index in [1.54, 1.807) is 42.5 Å². The minimum Gasteiger partial charge on any atom is -0.489 e. The van der Waals surface area contributed by atoms with Gasteiger partial charge < -0.3 is 9.47 Å². The average Bonchev–Trinajstić information content (AvgIpc) is 3.00. The summed E-state index contributed by atoms with van der Waals surface area (Å²) in [5, 5.41) is 1.42. The second kappa shape index (κ2) is 7.88. The third kappa shape index (κ3) is 3.74. The Morgan fingerprint density at radius 1 is 0.929 bits per heavy atom. The van der Waals surface area contributed by atoms with Crippen LogP contribution >= 0.6 is 34.8 Å². The number of hydrogen-bond donors (Lipinski definition) is 0. The van der Waals surface area contributed by atoms with Crippen LogP contribution in [0.2, 0.25) is 15.1 Å². The second-order valence-corrected chi connectivity index (χ2v) is 7.31. The highest BCUT2D eigenvalue weighted by Crippen LogP contribution is 2.36. The molecule has 0 aliphatic carbocycles. The summed E-state index contributed by atoms with van der Waals surface area (Å²) in [7, 11) is 0. The lowest BCUT2D eigenvalue weighted by molar-refractivity contribution is 0.101. The first-order valence-corrected chi connectivity index (χ1v) is 9.55. The monoisotopic (exact) mass is 430 g/mol. The zero-order valence-corrected chi connectivity index (χ0v) is 16.7. The van der Waals surface area contributed by atoms with Gasteiger partial charge in [-0.15, -0.1) is 0 Å². The number of allylic oxidation sites excluding steroid dienone is 1. The molecule has 140 valence electrons. The molecule has 1 heterocycles. The van der Waals surface area contributed by atoms with Crippen molar-refractivity contribution in [1.82, 2.24) is 0 Å². The number of rotatable bonds is 4. The first-order chi connectivity index (χ1) is 13.5. The molecule has 1 aliphatic rings. The van der Waals surface area contributed by atoms with Crippen molar-refractivity contribution in [3.05, 3.63) is 98.2 Å². The predicted octanol–water partition coefficient (Wildman–Crippen LogP) is 6.84. The third-order valence-corrected chi connectivity index (χ3v) is 5.46. The van der Waals surface area contributed by atoms with Crippen molar-refractivity contribution in [3.63, 3.8) is 0 Å². The quantitative estimate of drug-likeness (QED) is 0.424. The van der Waals surface area contributed by atoms with E-state index in [-0.39, 0.29) is 11.5 Å². The molecule has 0 bridgehead atoms. The van der Waals surface area contributed by atoms with Crippen LogP contribution in [0.1, 0.15) is 21.5 Å². The van der Waals surface area contributed by atoms with Gasteiger partial charge in [-0.05, 0) is 35.9 Å². The van der Waals surface area contributed by atoms with Crippen molar-refractivity contribution < 1.29 is 14.3 Å². The Bertz CT molecular complexity index is 1110. The van der Waals surface area contributed by atoms with Gasteiger partial charge in [-0.3, -0.25) is 4.79 Å². The Hall–Kier alpha value is -2.46.